The van der Waals surface area contributed by atoms with E-state index in [0.717, 1.165) is 75.5 Å². The summed E-state index contributed by atoms with van der Waals surface area (Å²) in [6.45, 7) is 7.97. The standard InChI is InChI=1S/C23H26FN5OS/c24-20-4-2-1-3-19(20)21-6-5-18(31-21)16-27-7-9-28(10-8-27)22-15-23(26-17-25-22)29-11-13-30-14-12-29/h1-6,15,17H,7-14,16H2. The minimum atomic E-state index is -0.161. The van der Waals surface area contributed by atoms with Gasteiger partial charge in [-0.1, -0.05) is 18.2 Å². The van der Waals surface area contributed by atoms with Crippen molar-refractivity contribution < 1.29 is 9.13 Å². The molecule has 2 aliphatic rings. The van der Waals surface area contributed by atoms with Gasteiger partial charge < -0.3 is 14.5 Å². The van der Waals surface area contributed by atoms with Crippen LogP contribution in [0.4, 0.5) is 16.0 Å². The van der Waals surface area contributed by atoms with Crippen LogP contribution in [0.2, 0.25) is 0 Å². The topological polar surface area (TPSA) is 44.7 Å². The van der Waals surface area contributed by atoms with Gasteiger partial charge in [-0.15, -0.1) is 11.3 Å². The van der Waals surface area contributed by atoms with Crippen molar-refractivity contribution in [2.45, 2.75) is 6.54 Å². The molecule has 0 atom stereocenters. The van der Waals surface area contributed by atoms with E-state index in [4.69, 9.17) is 4.74 Å². The molecule has 0 aliphatic carbocycles. The number of halogens is 1. The molecule has 0 bridgehead atoms. The van der Waals surface area contributed by atoms with Gasteiger partial charge in [0.1, 0.15) is 23.8 Å². The molecule has 2 aliphatic heterocycles. The summed E-state index contributed by atoms with van der Waals surface area (Å²) in [7, 11) is 0. The van der Waals surface area contributed by atoms with Crippen LogP contribution in [0.3, 0.4) is 0 Å². The second-order valence-corrected chi connectivity index (χ2v) is 9.01. The van der Waals surface area contributed by atoms with Crippen LogP contribution >= 0.6 is 11.3 Å². The molecule has 2 fully saturated rings. The first-order valence-corrected chi connectivity index (χ1v) is 11.5. The molecular weight excluding hydrogens is 413 g/mol. The van der Waals surface area contributed by atoms with Gasteiger partial charge >= 0.3 is 0 Å². The van der Waals surface area contributed by atoms with Gasteiger partial charge in [0, 0.05) is 67.2 Å². The van der Waals surface area contributed by atoms with E-state index in [0.29, 0.717) is 5.56 Å². The Morgan fingerprint density at radius 3 is 2.32 bits per heavy atom. The van der Waals surface area contributed by atoms with Gasteiger partial charge in [-0.2, -0.15) is 0 Å². The Morgan fingerprint density at radius 1 is 0.871 bits per heavy atom. The number of nitrogens with zero attached hydrogens (tertiary/aromatic N) is 5. The molecule has 162 valence electrons. The molecule has 5 rings (SSSR count). The first kappa shape index (κ1) is 20.4. The second-order valence-electron chi connectivity index (χ2n) is 7.84. The Labute approximate surface area is 185 Å². The highest BCUT2D eigenvalue weighted by Gasteiger charge is 2.21. The fourth-order valence-corrected chi connectivity index (χ4v) is 5.18. The van der Waals surface area contributed by atoms with Crippen molar-refractivity contribution in [3.8, 4) is 10.4 Å². The van der Waals surface area contributed by atoms with E-state index in [-0.39, 0.29) is 5.82 Å². The molecule has 0 spiro atoms. The first-order valence-electron chi connectivity index (χ1n) is 10.7. The van der Waals surface area contributed by atoms with Crippen molar-refractivity contribution >= 4 is 23.0 Å². The molecule has 4 heterocycles. The van der Waals surface area contributed by atoms with E-state index >= 15 is 0 Å². The lowest BCUT2D eigenvalue weighted by Crippen LogP contribution is -2.46. The second kappa shape index (κ2) is 9.30. The third-order valence-corrected chi connectivity index (χ3v) is 6.95. The Kier molecular flexibility index (Phi) is 6.11. The number of piperazine rings is 1. The number of hydrogen-bond donors (Lipinski definition) is 0. The van der Waals surface area contributed by atoms with E-state index in [9.17, 15) is 4.39 Å². The Balaban J connectivity index is 1.18. The number of morpholine rings is 1. The zero-order chi connectivity index (χ0) is 21.0. The van der Waals surface area contributed by atoms with Crippen LogP contribution in [0.1, 0.15) is 4.88 Å². The van der Waals surface area contributed by atoms with Crippen LogP contribution in [-0.2, 0) is 11.3 Å². The van der Waals surface area contributed by atoms with Gasteiger partial charge in [0.25, 0.3) is 0 Å². The van der Waals surface area contributed by atoms with Crippen molar-refractivity contribution in [2.24, 2.45) is 0 Å². The maximum atomic E-state index is 14.1. The molecule has 8 heteroatoms. The fraction of sp³-hybridized carbons (Fsp3) is 0.391. The van der Waals surface area contributed by atoms with Crippen LogP contribution in [0.5, 0.6) is 0 Å². The molecule has 1 aromatic carbocycles. The van der Waals surface area contributed by atoms with Gasteiger partial charge in [-0.3, -0.25) is 4.90 Å². The molecule has 2 aromatic heterocycles. The van der Waals surface area contributed by atoms with Gasteiger partial charge in [0.15, 0.2) is 0 Å². The lowest BCUT2D eigenvalue weighted by atomic mass is 10.2. The van der Waals surface area contributed by atoms with Gasteiger partial charge in [-0.05, 0) is 18.2 Å². The Morgan fingerprint density at radius 2 is 1.58 bits per heavy atom. The number of benzene rings is 1. The summed E-state index contributed by atoms with van der Waals surface area (Å²) in [6, 6.07) is 13.2. The smallest absolute Gasteiger partial charge is 0.134 e. The Bertz CT molecular complexity index is 1010. The molecular formula is C23H26FN5OS. The highest BCUT2D eigenvalue weighted by atomic mass is 32.1. The third-order valence-electron chi connectivity index (χ3n) is 5.85. The number of ether oxygens (including phenoxy) is 1. The van der Waals surface area contributed by atoms with Crippen molar-refractivity contribution in [2.75, 3.05) is 62.3 Å². The summed E-state index contributed by atoms with van der Waals surface area (Å²) >= 11 is 1.68. The average molecular weight is 440 g/mol. The molecule has 6 nitrogen and oxygen atoms in total. The Hall–Kier alpha value is -2.55. The predicted octanol–water partition coefficient (Wildman–Crippen LogP) is 3.50. The van der Waals surface area contributed by atoms with E-state index in [2.05, 4.69) is 36.8 Å². The zero-order valence-electron chi connectivity index (χ0n) is 17.4. The number of aromatic nitrogens is 2. The fourth-order valence-electron chi connectivity index (χ4n) is 4.10. The van der Waals surface area contributed by atoms with Crippen LogP contribution in [0.15, 0.2) is 48.8 Å². The van der Waals surface area contributed by atoms with E-state index < -0.39 is 0 Å². The molecule has 0 saturated carbocycles. The third kappa shape index (κ3) is 4.71. The number of hydrogen-bond acceptors (Lipinski definition) is 7. The van der Waals surface area contributed by atoms with Gasteiger partial charge in [-0.25, -0.2) is 14.4 Å². The van der Waals surface area contributed by atoms with E-state index in [1.807, 2.05) is 18.2 Å². The quantitative estimate of drug-likeness (QED) is 0.606. The SMILES string of the molecule is Fc1ccccc1-c1ccc(CN2CCN(c3cc(N4CCOCC4)ncn3)CC2)s1. The average Bonchev–Trinajstić information content (AvgIpc) is 3.29. The van der Waals surface area contributed by atoms with Crippen LogP contribution < -0.4 is 9.80 Å². The van der Waals surface area contributed by atoms with E-state index in [1.165, 1.54) is 10.9 Å². The monoisotopic (exact) mass is 439 g/mol. The van der Waals surface area contributed by atoms with Gasteiger partial charge in [0.05, 0.1) is 13.2 Å². The summed E-state index contributed by atoms with van der Waals surface area (Å²) in [5, 5.41) is 0. The molecule has 0 amide bonds. The maximum absolute atomic E-state index is 14.1. The lowest BCUT2D eigenvalue weighted by Gasteiger charge is -2.35. The van der Waals surface area contributed by atoms with Crippen LogP contribution in [0.25, 0.3) is 10.4 Å². The summed E-state index contributed by atoms with van der Waals surface area (Å²) in [6.07, 6.45) is 1.67. The number of anilines is 2. The maximum Gasteiger partial charge on any atom is 0.134 e. The summed E-state index contributed by atoms with van der Waals surface area (Å²) in [5.41, 5.74) is 0.684. The molecule has 2 saturated heterocycles. The summed E-state index contributed by atoms with van der Waals surface area (Å²) in [4.78, 5) is 18.3. The summed E-state index contributed by atoms with van der Waals surface area (Å²) in [5.74, 6) is 1.81. The summed E-state index contributed by atoms with van der Waals surface area (Å²) < 4.78 is 19.5. The molecule has 0 N–H and O–H groups in total. The molecule has 0 radical (unpaired) electrons. The normalized spacial score (nSPS) is 17.8. The van der Waals surface area contributed by atoms with Crippen LogP contribution in [-0.4, -0.2) is 67.4 Å². The molecule has 0 unspecified atom stereocenters. The molecule has 3 aromatic rings. The highest BCUT2D eigenvalue weighted by molar-refractivity contribution is 7.15. The largest absolute Gasteiger partial charge is 0.378 e. The highest BCUT2D eigenvalue weighted by Crippen LogP contribution is 2.31. The minimum absolute atomic E-state index is 0.161. The number of rotatable bonds is 5. The lowest BCUT2D eigenvalue weighted by molar-refractivity contribution is 0.122. The first-order chi connectivity index (χ1) is 15.3. The van der Waals surface area contributed by atoms with Crippen molar-refractivity contribution in [1.29, 1.82) is 0 Å². The number of thiophene rings is 1. The predicted molar refractivity (Wildman–Crippen MR) is 122 cm³/mol. The van der Waals surface area contributed by atoms with Crippen molar-refractivity contribution in [1.82, 2.24) is 14.9 Å². The van der Waals surface area contributed by atoms with Gasteiger partial charge in [0.2, 0.25) is 0 Å². The van der Waals surface area contributed by atoms with Crippen molar-refractivity contribution in [3.05, 3.63) is 59.5 Å². The zero-order valence-corrected chi connectivity index (χ0v) is 18.2. The molecule has 31 heavy (non-hydrogen) atoms. The van der Waals surface area contributed by atoms with Crippen molar-refractivity contribution in [3.63, 3.8) is 0 Å². The minimum Gasteiger partial charge on any atom is -0.378 e. The van der Waals surface area contributed by atoms with Crippen LogP contribution in [0, 0.1) is 5.82 Å². The van der Waals surface area contributed by atoms with E-state index in [1.54, 1.807) is 23.7 Å².